The van der Waals surface area contributed by atoms with Crippen molar-refractivity contribution in [2.75, 3.05) is 32.3 Å². The predicted octanol–water partition coefficient (Wildman–Crippen LogP) is 5.59. The SMILES string of the molecule is C=Cc1cc(-c2nc3c(C)cc4c(c3s2)OCC(CN(C(=O)O)c2ccc(OC)nc2)O4)c2ncc(OC)nc2c1. The number of hydrogen-bond donors (Lipinski definition) is 1. The van der Waals surface area contributed by atoms with Gasteiger partial charge in [0.15, 0.2) is 17.6 Å². The van der Waals surface area contributed by atoms with Crippen molar-refractivity contribution in [1.82, 2.24) is 19.9 Å². The van der Waals surface area contributed by atoms with Crippen molar-refractivity contribution in [3.8, 4) is 33.8 Å². The number of carboxylic acid groups (broad SMARTS) is 1. The summed E-state index contributed by atoms with van der Waals surface area (Å²) in [5.74, 6) is 1.93. The van der Waals surface area contributed by atoms with Gasteiger partial charge in [0.25, 0.3) is 0 Å². The zero-order valence-corrected chi connectivity index (χ0v) is 23.3. The second-order valence-corrected chi connectivity index (χ2v) is 10.3. The number of rotatable bonds is 7. The van der Waals surface area contributed by atoms with E-state index in [0.717, 1.165) is 31.9 Å². The minimum atomic E-state index is -1.13. The summed E-state index contributed by atoms with van der Waals surface area (Å²) >= 11 is 1.47. The summed E-state index contributed by atoms with van der Waals surface area (Å²) in [5.41, 5.74) is 5.17. The van der Waals surface area contributed by atoms with Crippen molar-refractivity contribution in [1.29, 1.82) is 0 Å². The van der Waals surface area contributed by atoms with Gasteiger partial charge in [-0.25, -0.2) is 24.7 Å². The number of aryl methyl sites for hydroxylation is 1. The summed E-state index contributed by atoms with van der Waals surface area (Å²) in [6.07, 6.45) is 3.12. The van der Waals surface area contributed by atoms with Crippen LogP contribution in [0.5, 0.6) is 23.3 Å². The molecule has 5 aromatic rings. The van der Waals surface area contributed by atoms with Crippen LogP contribution in [0.15, 0.2) is 49.3 Å². The van der Waals surface area contributed by atoms with E-state index in [2.05, 4.69) is 21.5 Å². The van der Waals surface area contributed by atoms with Gasteiger partial charge in [-0.2, -0.15) is 0 Å². The second-order valence-electron chi connectivity index (χ2n) is 9.27. The van der Waals surface area contributed by atoms with Crippen molar-refractivity contribution in [3.63, 3.8) is 0 Å². The van der Waals surface area contributed by atoms with Crippen LogP contribution < -0.4 is 23.8 Å². The number of anilines is 1. The predicted molar refractivity (Wildman–Crippen MR) is 156 cm³/mol. The molecule has 11 nitrogen and oxygen atoms in total. The normalized spacial score (nSPS) is 14.2. The average molecular weight is 572 g/mol. The first-order chi connectivity index (χ1) is 19.9. The number of fused-ring (bicyclic) bond motifs is 4. The maximum Gasteiger partial charge on any atom is 0.411 e. The monoisotopic (exact) mass is 571 g/mol. The number of pyridine rings is 1. The first-order valence-electron chi connectivity index (χ1n) is 12.6. The fraction of sp³-hybridized carbons (Fsp3) is 0.207. The maximum absolute atomic E-state index is 12.1. The molecule has 0 spiro atoms. The Hall–Kier alpha value is -4.97. The van der Waals surface area contributed by atoms with Crippen LogP contribution in [0, 0.1) is 6.92 Å². The maximum atomic E-state index is 12.1. The van der Waals surface area contributed by atoms with Crippen LogP contribution in [-0.4, -0.2) is 64.6 Å². The van der Waals surface area contributed by atoms with Crippen molar-refractivity contribution < 1.29 is 28.8 Å². The smallest absolute Gasteiger partial charge is 0.411 e. The highest BCUT2D eigenvalue weighted by Gasteiger charge is 2.30. The number of thiazole rings is 1. The van der Waals surface area contributed by atoms with Gasteiger partial charge in [-0.1, -0.05) is 12.7 Å². The Bertz CT molecular complexity index is 1810. The van der Waals surface area contributed by atoms with Gasteiger partial charge in [0, 0.05) is 11.6 Å². The molecule has 1 unspecified atom stereocenters. The first-order valence-corrected chi connectivity index (χ1v) is 13.4. The molecule has 0 saturated carbocycles. The Kier molecular flexibility index (Phi) is 6.75. The fourth-order valence-corrected chi connectivity index (χ4v) is 5.81. The van der Waals surface area contributed by atoms with Gasteiger partial charge in [0.2, 0.25) is 11.8 Å². The third-order valence-electron chi connectivity index (χ3n) is 6.67. The third-order valence-corrected chi connectivity index (χ3v) is 7.75. The topological polar surface area (TPSA) is 129 Å². The molecule has 6 rings (SSSR count). The minimum Gasteiger partial charge on any atom is -0.484 e. The van der Waals surface area contributed by atoms with Gasteiger partial charge in [-0.05, 0) is 42.3 Å². The highest BCUT2D eigenvalue weighted by molar-refractivity contribution is 7.22. The van der Waals surface area contributed by atoms with Gasteiger partial charge in [0.1, 0.15) is 16.3 Å². The largest absolute Gasteiger partial charge is 0.484 e. The zero-order valence-electron chi connectivity index (χ0n) is 22.5. The highest BCUT2D eigenvalue weighted by Crippen LogP contribution is 2.46. The number of methoxy groups -OCH3 is 2. The summed E-state index contributed by atoms with van der Waals surface area (Å²) in [6, 6.07) is 9.00. The quantitative estimate of drug-likeness (QED) is 0.264. The second kappa shape index (κ2) is 10.5. The van der Waals surface area contributed by atoms with E-state index in [1.54, 1.807) is 31.5 Å². The molecule has 1 N–H and O–H groups in total. The molecule has 0 radical (unpaired) electrons. The van der Waals surface area contributed by atoms with E-state index in [4.69, 9.17) is 23.9 Å². The van der Waals surface area contributed by atoms with Crippen LogP contribution in [0.3, 0.4) is 0 Å². The molecule has 4 heterocycles. The Morgan fingerprint density at radius 1 is 1.15 bits per heavy atom. The Labute approximate surface area is 238 Å². The lowest BCUT2D eigenvalue weighted by Crippen LogP contribution is -2.43. The van der Waals surface area contributed by atoms with Crippen molar-refractivity contribution in [2.45, 2.75) is 13.0 Å². The lowest BCUT2D eigenvalue weighted by molar-refractivity contribution is 0.0961. The zero-order chi connectivity index (χ0) is 28.7. The fourth-order valence-electron chi connectivity index (χ4n) is 4.66. The van der Waals surface area contributed by atoms with E-state index in [-0.39, 0.29) is 13.2 Å². The Balaban J connectivity index is 1.34. The molecule has 1 amide bonds. The van der Waals surface area contributed by atoms with E-state index in [0.29, 0.717) is 40.0 Å². The third kappa shape index (κ3) is 4.82. The molecule has 12 heteroatoms. The van der Waals surface area contributed by atoms with E-state index in [9.17, 15) is 9.90 Å². The Morgan fingerprint density at radius 3 is 2.68 bits per heavy atom. The van der Waals surface area contributed by atoms with Gasteiger partial charge < -0.3 is 24.1 Å². The molecule has 0 bridgehead atoms. The lowest BCUT2D eigenvalue weighted by Gasteiger charge is -2.30. The van der Waals surface area contributed by atoms with E-state index in [1.165, 1.54) is 29.5 Å². The molecule has 1 aliphatic heterocycles. The number of amides is 1. The molecule has 0 aliphatic carbocycles. The number of aromatic nitrogens is 4. The first kappa shape index (κ1) is 26.3. The number of carbonyl (C=O) groups is 1. The molecule has 0 saturated heterocycles. The summed E-state index contributed by atoms with van der Waals surface area (Å²) in [7, 11) is 3.05. The van der Waals surface area contributed by atoms with Crippen LogP contribution in [0.2, 0.25) is 0 Å². The number of ether oxygens (including phenoxy) is 4. The average Bonchev–Trinajstić information content (AvgIpc) is 3.45. The van der Waals surface area contributed by atoms with Gasteiger partial charge >= 0.3 is 6.09 Å². The van der Waals surface area contributed by atoms with Crippen molar-refractivity contribution >= 4 is 50.4 Å². The van der Waals surface area contributed by atoms with Crippen LogP contribution >= 0.6 is 11.3 Å². The molecule has 2 aromatic carbocycles. The molecule has 208 valence electrons. The van der Waals surface area contributed by atoms with Crippen LogP contribution in [0.1, 0.15) is 11.1 Å². The van der Waals surface area contributed by atoms with Crippen LogP contribution in [-0.2, 0) is 0 Å². The molecule has 3 aromatic heterocycles. The van der Waals surface area contributed by atoms with E-state index < -0.39 is 12.2 Å². The molecule has 0 fully saturated rings. The molecular formula is C29H25N5O6S. The summed E-state index contributed by atoms with van der Waals surface area (Å²) < 4.78 is 23.6. The van der Waals surface area contributed by atoms with Crippen molar-refractivity contribution in [3.05, 3.63) is 60.4 Å². The van der Waals surface area contributed by atoms with Gasteiger partial charge in [-0.15, -0.1) is 11.3 Å². The number of hydrogen-bond acceptors (Lipinski definition) is 10. The number of benzene rings is 2. The molecule has 1 aliphatic rings. The minimum absolute atomic E-state index is 0.0519. The standard InChI is InChI=1S/C29H25N5O6S/c1-5-16-9-19(25-20(10-16)32-23(38-4)12-31-25)28-33-24-15(2)8-21-26(27(24)41-28)39-14-18(40-21)13-34(29(35)36)17-6-7-22(37-3)30-11-17/h5-12,18H,1,13-14H2,2-4H3,(H,35,36). The highest BCUT2D eigenvalue weighted by atomic mass is 32.1. The van der Waals surface area contributed by atoms with E-state index >= 15 is 0 Å². The molecule has 41 heavy (non-hydrogen) atoms. The Morgan fingerprint density at radius 2 is 1.98 bits per heavy atom. The molecule has 1 atom stereocenters. The van der Waals surface area contributed by atoms with Gasteiger partial charge in [0.05, 0.1) is 55.4 Å². The summed E-state index contributed by atoms with van der Waals surface area (Å²) in [4.78, 5) is 31.4. The van der Waals surface area contributed by atoms with Crippen molar-refractivity contribution in [2.24, 2.45) is 0 Å². The summed E-state index contributed by atoms with van der Waals surface area (Å²) in [5, 5.41) is 10.6. The van der Waals surface area contributed by atoms with E-state index in [1.807, 2.05) is 25.1 Å². The summed E-state index contributed by atoms with van der Waals surface area (Å²) in [6.45, 7) is 6.08. The lowest BCUT2D eigenvalue weighted by atomic mass is 10.1. The molecular weight excluding hydrogens is 546 g/mol. The van der Waals surface area contributed by atoms with Crippen LogP contribution in [0.4, 0.5) is 10.5 Å². The van der Waals surface area contributed by atoms with Gasteiger partial charge in [-0.3, -0.25) is 4.90 Å². The van der Waals surface area contributed by atoms with Crippen LogP contribution in [0.25, 0.3) is 37.9 Å². The number of nitrogens with zero attached hydrogens (tertiary/aromatic N) is 5.